The number of amides is 1. The molecule has 0 aliphatic heterocycles. The van der Waals surface area contributed by atoms with Crippen molar-refractivity contribution in [2.45, 2.75) is 50.8 Å². The minimum Gasteiger partial charge on any atom is -0.342 e. The molecule has 122 valence electrons. The third kappa shape index (κ3) is 4.83. The van der Waals surface area contributed by atoms with Crippen LogP contribution in [0, 0.1) is 6.92 Å². The fraction of sp³-hybridized carbons (Fsp3) is 0.588. The summed E-state index contributed by atoms with van der Waals surface area (Å²) in [6.45, 7) is 1.96. The van der Waals surface area contributed by atoms with E-state index in [0.717, 1.165) is 36.8 Å². The van der Waals surface area contributed by atoms with Crippen molar-refractivity contribution < 1.29 is 13.2 Å². The van der Waals surface area contributed by atoms with Crippen LogP contribution in [0.5, 0.6) is 0 Å². The maximum Gasteiger partial charge on any atom is 0.237 e. The first-order valence-corrected chi connectivity index (χ1v) is 9.71. The maximum absolute atomic E-state index is 12.2. The third-order valence-electron chi connectivity index (χ3n) is 4.37. The van der Waals surface area contributed by atoms with E-state index in [1.165, 1.54) is 6.42 Å². The second kappa shape index (κ2) is 7.27. The van der Waals surface area contributed by atoms with Gasteiger partial charge in [-0.15, -0.1) is 0 Å². The molecule has 0 unspecified atom stereocenters. The fourth-order valence-corrected chi connectivity index (χ4v) is 4.33. The molecule has 0 bridgehead atoms. The van der Waals surface area contributed by atoms with Crippen LogP contribution >= 0.6 is 0 Å². The number of hydrogen-bond acceptors (Lipinski definition) is 3. The van der Waals surface area contributed by atoms with Gasteiger partial charge in [-0.05, 0) is 25.3 Å². The molecule has 0 saturated heterocycles. The summed E-state index contributed by atoms with van der Waals surface area (Å²) in [6, 6.07) is 7.60. The first-order chi connectivity index (χ1) is 10.4. The van der Waals surface area contributed by atoms with Crippen molar-refractivity contribution in [2.75, 3.05) is 12.8 Å². The molecule has 1 aromatic carbocycles. The monoisotopic (exact) mass is 323 g/mol. The predicted octanol–water partition coefficient (Wildman–Crippen LogP) is 2.70. The Bertz CT molecular complexity index is 601. The fourth-order valence-electron chi connectivity index (χ4n) is 2.95. The van der Waals surface area contributed by atoms with Crippen LogP contribution in [0.2, 0.25) is 0 Å². The molecule has 1 aliphatic carbocycles. The van der Waals surface area contributed by atoms with Crippen LogP contribution in [0.3, 0.4) is 0 Å². The van der Waals surface area contributed by atoms with Gasteiger partial charge in [0.1, 0.15) is 5.75 Å². The summed E-state index contributed by atoms with van der Waals surface area (Å²) in [5, 5.41) is 0. The highest BCUT2D eigenvalue weighted by atomic mass is 32.2. The highest BCUT2D eigenvalue weighted by Crippen LogP contribution is 2.22. The Balaban J connectivity index is 1.95. The molecule has 1 fully saturated rings. The van der Waals surface area contributed by atoms with E-state index in [2.05, 4.69) is 0 Å². The Kier molecular flexibility index (Phi) is 5.62. The molecule has 0 spiro atoms. The maximum atomic E-state index is 12.2. The Labute approximate surface area is 133 Å². The minimum atomic E-state index is -3.42. The molecule has 0 radical (unpaired) electrons. The van der Waals surface area contributed by atoms with Crippen molar-refractivity contribution in [1.82, 2.24) is 4.90 Å². The first-order valence-electron chi connectivity index (χ1n) is 7.89. The zero-order valence-electron chi connectivity index (χ0n) is 13.4. The van der Waals surface area contributed by atoms with E-state index in [9.17, 15) is 13.2 Å². The lowest BCUT2D eigenvalue weighted by atomic mass is 9.94. The van der Waals surface area contributed by atoms with Crippen LogP contribution in [-0.4, -0.2) is 38.1 Å². The quantitative estimate of drug-likeness (QED) is 0.837. The first kappa shape index (κ1) is 17.0. The minimum absolute atomic E-state index is 0.0719. The molecular weight excluding hydrogens is 298 g/mol. The highest BCUT2D eigenvalue weighted by molar-refractivity contribution is 7.91. The Morgan fingerprint density at radius 2 is 1.73 bits per heavy atom. The highest BCUT2D eigenvalue weighted by Gasteiger charge is 2.26. The van der Waals surface area contributed by atoms with E-state index in [1.54, 1.807) is 11.9 Å². The van der Waals surface area contributed by atoms with Gasteiger partial charge in [-0.1, -0.05) is 49.1 Å². The number of carbonyl (C=O) groups excluding carboxylic acids is 1. The molecule has 0 atom stereocenters. The molecule has 1 saturated carbocycles. The molecule has 4 nitrogen and oxygen atoms in total. The molecule has 1 aromatic rings. The average molecular weight is 323 g/mol. The summed E-state index contributed by atoms with van der Waals surface area (Å²) < 4.78 is 24.5. The zero-order valence-corrected chi connectivity index (χ0v) is 14.2. The second-order valence-electron chi connectivity index (χ2n) is 6.31. The summed E-state index contributed by atoms with van der Waals surface area (Å²) >= 11 is 0. The van der Waals surface area contributed by atoms with E-state index < -0.39 is 15.6 Å². The van der Waals surface area contributed by atoms with Crippen molar-refractivity contribution in [1.29, 1.82) is 0 Å². The van der Waals surface area contributed by atoms with E-state index >= 15 is 0 Å². The molecule has 2 rings (SSSR count). The number of hydrogen-bond donors (Lipinski definition) is 0. The van der Waals surface area contributed by atoms with Gasteiger partial charge < -0.3 is 4.90 Å². The molecule has 0 heterocycles. The number of carbonyl (C=O) groups is 1. The number of sulfone groups is 1. The smallest absolute Gasteiger partial charge is 0.237 e. The summed E-state index contributed by atoms with van der Waals surface area (Å²) in [5.74, 6) is -0.746. The van der Waals surface area contributed by atoms with Crippen molar-refractivity contribution in [3.05, 3.63) is 35.4 Å². The Morgan fingerprint density at radius 1 is 1.14 bits per heavy atom. The predicted molar refractivity (Wildman–Crippen MR) is 88.3 cm³/mol. The number of rotatable bonds is 5. The average Bonchev–Trinajstić information content (AvgIpc) is 2.49. The lowest BCUT2D eigenvalue weighted by Gasteiger charge is -2.31. The van der Waals surface area contributed by atoms with Gasteiger partial charge >= 0.3 is 0 Å². The van der Waals surface area contributed by atoms with Crippen LogP contribution in [-0.2, 0) is 20.4 Å². The van der Waals surface area contributed by atoms with Gasteiger partial charge in [-0.25, -0.2) is 8.42 Å². The van der Waals surface area contributed by atoms with Crippen LogP contribution in [0.1, 0.15) is 43.2 Å². The van der Waals surface area contributed by atoms with Gasteiger partial charge in [0.05, 0.1) is 5.75 Å². The lowest BCUT2D eigenvalue weighted by molar-refractivity contribution is -0.129. The lowest BCUT2D eigenvalue weighted by Crippen LogP contribution is -2.41. The molecule has 1 aliphatic rings. The topological polar surface area (TPSA) is 54.5 Å². The number of nitrogens with zero attached hydrogens (tertiary/aromatic N) is 1. The van der Waals surface area contributed by atoms with Gasteiger partial charge in [0, 0.05) is 13.1 Å². The van der Waals surface area contributed by atoms with Gasteiger partial charge in [0.15, 0.2) is 9.84 Å². The van der Waals surface area contributed by atoms with Gasteiger partial charge in [-0.3, -0.25) is 4.79 Å². The van der Waals surface area contributed by atoms with Gasteiger partial charge in [0.25, 0.3) is 0 Å². The van der Waals surface area contributed by atoms with E-state index in [0.29, 0.717) is 0 Å². The van der Waals surface area contributed by atoms with Crippen molar-refractivity contribution in [2.24, 2.45) is 0 Å². The summed E-state index contributed by atoms with van der Waals surface area (Å²) in [5.41, 5.74) is 1.83. The molecule has 1 amide bonds. The Hall–Kier alpha value is -1.36. The van der Waals surface area contributed by atoms with E-state index in [1.807, 2.05) is 31.2 Å². The number of aryl methyl sites for hydroxylation is 1. The standard InChI is InChI=1S/C17H25NO3S/c1-14-8-10-15(11-9-14)12-22(20,21)13-17(19)18(2)16-6-4-3-5-7-16/h8-11,16H,3-7,12-13H2,1-2H3. The zero-order chi connectivity index (χ0) is 16.2. The summed E-state index contributed by atoms with van der Waals surface area (Å²) in [6.07, 6.45) is 5.43. The largest absolute Gasteiger partial charge is 0.342 e. The van der Waals surface area contributed by atoms with Crippen LogP contribution in [0.4, 0.5) is 0 Å². The molecule has 0 aromatic heterocycles. The molecule has 22 heavy (non-hydrogen) atoms. The molecule has 0 N–H and O–H groups in total. The van der Waals surface area contributed by atoms with Crippen molar-refractivity contribution >= 4 is 15.7 Å². The van der Waals surface area contributed by atoms with E-state index in [4.69, 9.17) is 0 Å². The van der Waals surface area contributed by atoms with Crippen LogP contribution in [0.25, 0.3) is 0 Å². The van der Waals surface area contributed by atoms with E-state index in [-0.39, 0.29) is 17.7 Å². The van der Waals surface area contributed by atoms with Crippen LogP contribution < -0.4 is 0 Å². The van der Waals surface area contributed by atoms with Gasteiger partial charge in [-0.2, -0.15) is 0 Å². The summed E-state index contributed by atoms with van der Waals surface area (Å²) in [4.78, 5) is 13.9. The van der Waals surface area contributed by atoms with Crippen molar-refractivity contribution in [3.8, 4) is 0 Å². The third-order valence-corrected chi connectivity index (χ3v) is 5.83. The number of benzene rings is 1. The van der Waals surface area contributed by atoms with Crippen LogP contribution in [0.15, 0.2) is 24.3 Å². The van der Waals surface area contributed by atoms with Gasteiger partial charge in [0.2, 0.25) is 5.91 Å². The molecular formula is C17H25NO3S. The SMILES string of the molecule is Cc1ccc(CS(=O)(=O)CC(=O)N(C)C2CCCCC2)cc1. The van der Waals surface area contributed by atoms with Crippen molar-refractivity contribution in [3.63, 3.8) is 0 Å². The normalized spacial score (nSPS) is 16.5. The Morgan fingerprint density at radius 3 is 2.32 bits per heavy atom. The second-order valence-corrected chi connectivity index (χ2v) is 8.38. The summed E-state index contributed by atoms with van der Waals surface area (Å²) in [7, 11) is -1.69. The molecule has 5 heteroatoms.